The Bertz CT molecular complexity index is 644. The van der Waals surface area contributed by atoms with Crippen molar-refractivity contribution in [3.05, 3.63) is 46.6 Å². The second-order valence-electron chi connectivity index (χ2n) is 4.13. The van der Waals surface area contributed by atoms with Crippen LogP contribution in [0.4, 0.5) is 18.9 Å². The van der Waals surface area contributed by atoms with Crippen LogP contribution in [0.25, 0.3) is 0 Å². The van der Waals surface area contributed by atoms with Gasteiger partial charge in [-0.3, -0.25) is 0 Å². The highest BCUT2D eigenvalue weighted by molar-refractivity contribution is 6.31. The van der Waals surface area contributed by atoms with Crippen LogP contribution in [0.5, 0.6) is 11.6 Å². The Hall–Kier alpha value is -1.95. The topological polar surface area (TPSA) is 48.1 Å². The third-order valence-electron chi connectivity index (χ3n) is 2.51. The molecular weight excluding hydrogens is 293 g/mol. The third-order valence-corrected chi connectivity index (χ3v) is 2.84. The van der Waals surface area contributed by atoms with Crippen LogP contribution in [0, 0.1) is 6.92 Å². The Labute approximate surface area is 118 Å². The zero-order valence-electron chi connectivity index (χ0n) is 10.3. The fourth-order valence-corrected chi connectivity index (χ4v) is 1.81. The van der Waals surface area contributed by atoms with E-state index in [-0.39, 0.29) is 16.7 Å². The highest BCUT2D eigenvalue weighted by atomic mass is 35.5. The predicted molar refractivity (Wildman–Crippen MR) is 69.9 cm³/mol. The number of alkyl halides is 3. The summed E-state index contributed by atoms with van der Waals surface area (Å²) in [4.78, 5) is 3.93. The fourth-order valence-electron chi connectivity index (χ4n) is 1.59. The predicted octanol–water partition coefficient (Wildman–Crippen LogP) is 4.44. The first kappa shape index (κ1) is 14.5. The molecular formula is C13H10ClF3N2O. The van der Waals surface area contributed by atoms with Crippen molar-refractivity contribution in [1.82, 2.24) is 4.98 Å². The minimum Gasteiger partial charge on any atom is -0.439 e. The van der Waals surface area contributed by atoms with Gasteiger partial charge >= 0.3 is 6.18 Å². The molecule has 2 rings (SSSR count). The monoisotopic (exact) mass is 302 g/mol. The van der Waals surface area contributed by atoms with E-state index in [1.165, 1.54) is 12.3 Å². The largest absolute Gasteiger partial charge is 0.439 e. The van der Waals surface area contributed by atoms with Gasteiger partial charge in [0.25, 0.3) is 0 Å². The average Bonchev–Trinajstić information content (AvgIpc) is 2.33. The molecule has 0 fully saturated rings. The van der Waals surface area contributed by atoms with E-state index in [2.05, 4.69) is 4.98 Å². The minimum absolute atomic E-state index is 0.00194. The number of halogens is 4. The van der Waals surface area contributed by atoms with E-state index in [9.17, 15) is 13.2 Å². The van der Waals surface area contributed by atoms with Crippen LogP contribution in [0.15, 0.2) is 30.5 Å². The van der Waals surface area contributed by atoms with Gasteiger partial charge in [-0.25, -0.2) is 4.98 Å². The number of hydrogen-bond acceptors (Lipinski definition) is 3. The number of aromatic nitrogens is 1. The summed E-state index contributed by atoms with van der Waals surface area (Å²) in [7, 11) is 0. The molecule has 1 aromatic heterocycles. The minimum atomic E-state index is -4.54. The second-order valence-corrected chi connectivity index (χ2v) is 4.54. The summed E-state index contributed by atoms with van der Waals surface area (Å²) in [6, 6.07) is 4.92. The molecule has 20 heavy (non-hydrogen) atoms. The van der Waals surface area contributed by atoms with Crippen LogP contribution in [-0.2, 0) is 6.18 Å². The standard InChI is InChI=1S/C13H10ClF3N2O/c1-7-4-8(18)6-19-12(7)20-9-2-3-11(14)10(5-9)13(15,16)17/h2-6H,18H2,1H3. The molecule has 7 heteroatoms. The van der Waals surface area contributed by atoms with E-state index in [1.807, 2.05) is 0 Å². The summed E-state index contributed by atoms with van der Waals surface area (Å²) in [5, 5.41) is -0.383. The van der Waals surface area contributed by atoms with Crippen LogP contribution in [0.2, 0.25) is 5.02 Å². The van der Waals surface area contributed by atoms with Crippen molar-refractivity contribution in [3.63, 3.8) is 0 Å². The molecule has 2 N–H and O–H groups in total. The lowest BCUT2D eigenvalue weighted by atomic mass is 10.2. The van der Waals surface area contributed by atoms with Gasteiger partial charge in [0.15, 0.2) is 0 Å². The fraction of sp³-hybridized carbons (Fsp3) is 0.154. The van der Waals surface area contributed by atoms with Gasteiger partial charge in [0.2, 0.25) is 5.88 Å². The summed E-state index contributed by atoms with van der Waals surface area (Å²) in [6.07, 6.45) is -3.18. The van der Waals surface area contributed by atoms with E-state index in [0.717, 1.165) is 12.1 Å². The maximum absolute atomic E-state index is 12.7. The van der Waals surface area contributed by atoms with Crippen molar-refractivity contribution in [2.24, 2.45) is 0 Å². The molecule has 1 aromatic carbocycles. The number of nitrogen functional groups attached to an aromatic ring is 1. The highest BCUT2D eigenvalue weighted by Gasteiger charge is 2.33. The molecule has 0 bridgehead atoms. The number of nitrogens with zero attached hydrogens (tertiary/aromatic N) is 1. The number of benzene rings is 1. The number of ether oxygens (including phenoxy) is 1. The Kier molecular flexibility index (Phi) is 3.76. The van der Waals surface area contributed by atoms with Crippen molar-refractivity contribution in [2.75, 3.05) is 5.73 Å². The maximum atomic E-state index is 12.7. The van der Waals surface area contributed by atoms with Gasteiger partial charge in [-0.2, -0.15) is 13.2 Å². The first-order valence-corrected chi connectivity index (χ1v) is 5.92. The van der Waals surface area contributed by atoms with Gasteiger partial charge in [0.1, 0.15) is 5.75 Å². The van der Waals surface area contributed by atoms with Crippen LogP contribution in [0.1, 0.15) is 11.1 Å². The molecule has 0 aliphatic rings. The third kappa shape index (κ3) is 3.14. The summed E-state index contributed by atoms with van der Waals surface area (Å²) in [5.74, 6) is 0.191. The van der Waals surface area contributed by atoms with Crippen molar-refractivity contribution >= 4 is 17.3 Å². The van der Waals surface area contributed by atoms with E-state index in [0.29, 0.717) is 11.3 Å². The second kappa shape index (κ2) is 5.20. The smallest absolute Gasteiger partial charge is 0.417 e. The number of rotatable bonds is 2. The molecule has 0 amide bonds. The molecule has 1 heterocycles. The number of nitrogens with two attached hydrogens (primary N) is 1. The van der Waals surface area contributed by atoms with E-state index in [1.54, 1.807) is 13.0 Å². The molecule has 2 aromatic rings. The van der Waals surface area contributed by atoms with Crippen LogP contribution < -0.4 is 10.5 Å². The quantitative estimate of drug-likeness (QED) is 0.892. The lowest BCUT2D eigenvalue weighted by molar-refractivity contribution is -0.137. The highest BCUT2D eigenvalue weighted by Crippen LogP contribution is 2.37. The normalized spacial score (nSPS) is 11.4. The lowest BCUT2D eigenvalue weighted by Gasteiger charge is -2.12. The van der Waals surface area contributed by atoms with Gasteiger partial charge < -0.3 is 10.5 Å². The molecule has 0 unspecified atom stereocenters. The molecule has 0 saturated carbocycles. The van der Waals surface area contributed by atoms with Gasteiger partial charge in [-0.15, -0.1) is 0 Å². The Balaban J connectivity index is 2.35. The number of aryl methyl sites for hydroxylation is 1. The Morgan fingerprint density at radius 3 is 2.55 bits per heavy atom. The van der Waals surface area contributed by atoms with Crippen LogP contribution >= 0.6 is 11.6 Å². The first-order chi connectivity index (χ1) is 9.27. The summed E-state index contributed by atoms with van der Waals surface area (Å²) in [6.45, 7) is 1.69. The SMILES string of the molecule is Cc1cc(N)cnc1Oc1ccc(Cl)c(C(F)(F)F)c1. The Morgan fingerprint density at radius 2 is 1.95 bits per heavy atom. The first-order valence-electron chi connectivity index (χ1n) is 5.54. The molecule has 0 spiro atoms. The number of pyridine rings is 1. The molecule has 0 radical (unpaired) electrons. The summed E-state index contributed by atoms with van der Waals surface area (Å²) < 4.78 is 43.5. The Morgan fingerprint density at radius 1 is 1.25 bits per heavy atom. The van der Waals surface area contributed by atoms with Crippen molar-refractivity contribution < 1.29 is 17.9 Å². The molecule has 0 aliphatic carbocycles. The zero-order chi connectivity index (χ0) is 14.9. The lowest BCUT2D eigenvalue weighted by Crippen LogP contribution is -2.06. The number of hydrogen-bond donors (Lipinski definition) is 1. The maximum Gasteiger partial charge on any atom is 0.417 e. The van der Waals surface area contributed by atoms with Crippen LogP contribution in [-0.4, -0.2) is 4.98 Å². The van der Waals surface area contributed by atoms with Gasteiger partial charge in [0.05, 0.1) is 22.5 Å². The molecule has 106 valence electrons. The van der Waals surface area contributed by atoms with E-state index in [4.69, 9.17) is 22.1 Å². The van der Waals surface area contributed by atoms with Gasteiger partial charge in [-0.05, 0) is 31.2 Å². The molecule has 3 nitrogen and oxygen atoms in total. The molecule has 0 saturated heterocycles. The van der Waals surface area contributed by atoms with Crippen molar-refractivity contribution in [1.29, 1.82) is 0 Å². The number of anilines is 1. The molecule has 0 atom stereocenters. The van der Waals surface area contributed by atoms with E-state index < -0.39 is 11.7 Å². The zero-order valence-corrected chi connectivity index (χ0v) is 11.1. The van der Waals surface area contributed by atoms with Gasteiger partial charge in [0, 0.05) is 5.56 Å². The molecule has 0 aliphatic heterocycles. The summed E-state index contributed by atoms with van der Waals surface area (Å²) in [5.41, 5.74) is 5.65. The summed E-state index contributed by atoms with van der Waals surface area (Å²) >= 11 is 5.53. The van der Waals surface area contributed by atoms with Crippen molar-refractivity contribution in [3.8, 4) is 11.6 Å². The van der Waals surface area contributed by atoms with Crippen LogP contribution in [0.3, 0.4) is 0 Å². The van der Waals surface area contributed by atoms with E-state index >= 15 is 0 Å². The van der Waals surface area contributed by atoms with Gasteiger partial charge in [-0.1, -0.05) is 11.6 Å². The average molecular weight is 303 g/mol. The van der Waals surface area contributed by atoms with Crippen molar-refractivity contribution in [2.45, 2.75) is 13.1 Å².